The van der Waals surface area contributed by atoms with Crippen LogP contribution in [0.2, 0.25) is 0 Å². The molecule has 1 aromatic rings. The van der Waals surface area contributed by atoms with Crippen molar-refractivity contribution in [2.75, 3.05) is 0 Å². The summed E-state index contributed by atoms with van der Waals surface area (Å²) in [5, 5.41) is 8.16. The van der Waals surface area contributed by atoms with E-state index in [4.69, 9.17) is 5.21 Å². The summed E-state index contributed by atoms with van der Waals surface area (Å²) in [6, 6.07) is 8.94. The van der Waals surface area contributed by atoms with Gasteiger partial charge in [0.25, 0.3) is 0 Å². The van der Waals surface area contributed by atoms with Crippen LogP contribution >= 0.6 is 0 Å². The average molecular weight is 204 g/mol. The van der Waals surface area contributed by atoms with Crippen LogP contribution < -0.4 is 0 Å². The van der Waals surface area contributed by atoms with Gasteiger partial charge in [-0.3, -0.25) is 0 Å². The number of benzene rings is 1. The van der Waals surface area contributed by atoms with Gasteiger partial charge in [-0.1, -0.05) is 30.3 Å². The zero-order chi connectivity index (χ0) is 5.82. The van der Waals surface area contributed by atoms with Crippen molar-refractivity contribution < 1.29 is 26.3 Å². The van der Waals surface area contributed by atoms with Crippen molar-refractivity contribution in [2.45, 2.75) is 0 Å². The first kappa shape index (κ1) is 8.67. The van der Waals surface area contributed by atoms with Crippen LogP contribution in [0, 0.1) is 0 Å². The molecule has 0 aliphatic carbocycles. The normalized spacial score (nSPS) is 7.67. The molecule has 1 aromatic carbocycles. The van der Waals surface area contributed by atoms with Crippen molar-refractivity contribution in [2.24, 2.45) is 0 Å². The molecule has 0 fully saturated rings. The minimum atomic E-state index is 0. The Bertz CT molecular complexity index is 154. The minimum Gasteiger partial charge on any atom is -0.565 e. The van der Waals surface area contributed by atoms with Crippen LogP contribution in [0.5, 0.6) is 0 Å². The van der Waals surface area contributed by atoms with Gasteiger partial charge in [-0.05, 0) is 0 Å². The van der Waals surface area contributed by atoms with Crippen LogP contribution in [0.1, 0.15) is 0 Å². The molecule has 0 radical (unpaired) electrons. The van der Waals surface area contributed by atoms with E-state index >= 15 is 0 Å². The molecular weight excluding hydrogens is 198 g/mol. The molecule has 48 valence electrons. The number of nitrogens with zero attached hydrogens (tertiary/aromatic N) is 1. The van der Waals surface area contributed by atoms with E-state index in [1.807, 2.05) is 18.2 Å². The van der Waals surface area contributed by atoms with E-state index in [0.717, 1.165) is 0 Å². The smallest absolute Gasteiger partial charge is 0 e. The Morgan fingerprint density at radius 3 is 2.00 bits per heavy atom. The maximum absolute atomic E-state index is 8.16. The second-order valence-corrected chi connectivity index (χ2v) is 1.44. The second kappa shape index (κ2) is 4.54. The molecule has 0 atom stereocenters. The van der Waals surface area contributed by atoms with Gasteiger partial charge in [0, 0.05) is 21.1 Å². The molecule has 0 bridgehead atoms. The molecule has 3 heteroatoms. The van der Waals surface area contributed by atoms with Crippen LogP contribution in [0.3, 0.4) is 0 Å². The van der Waals surface area contributed by atoms with Gasteiger partial charge in [0.2, 0.25) is 0 Å². The fourth-order valence-corrected chi connectivity index (χ4v) is 0.495. The van der Waals surface area contributed by atoms with Gasteiger partial charge >= 0.3 is 0 Å². The summed E-state index contributed by atoms with van der Waals surface area (Å²) < 4.78 is 0. The summed E-state index contributed by atoms with van der Waals surface area (Å²) in [6.07, 6.45) is 0. The zero-order valence-electron chi connectivity index (χ0n) is 4.69. The molecule has 1 N–H and O–H groups in total. The third-order valence-corrected chi connectivity index (χ3v) is 0.872. The zero-order valence-corrected chi connectivity index (χ0v) is 6.70. The topological polar surface area (TPSA) is 34.3 Å². The minimum absolute atomic E-state index is 0. The molecule has 0 unspecified atom stereocenters. The Morgan fingerprint density at radius 2 is 1.67 bits per heavy atom. The SMILES string of the molecule is O[N-]c1ccccc1.[Mo]. The van der Waals surface area contributed by atoms with Gasteiger partial charge in [-0.25, -0.2) is 0 Å². The second-order valence-electron chi connectivity index (χ2n) is 1.44. The van der Waals surface area contributed by atoms with Crippen molar-refractivity contribution in [3.05, 3.63) is 35.8 Å². The summed E-state index contributed by atoms with van der Waals surface area (Å²) in [5.41, 5.74) is 3.56. The van der Waals surface area contributed by atoms with E-state index in [-0.39, 0.29) is 21.1 Å². The molecule has 0 saturated heterocycles. The monoisotopic (exact) mass is 206 g/mol. The first-order chi connectivity index (χ1) is 3.93. The maximum Gasteiger partial charge on any atom is 0 e. The van der Waals surface area contributed by atoms with Gasteiger partial charge in [-0.2, -0.15) is 0 Å². The molecule has 0 spiro atoms. The fourth-order valence-electron chi connectivity index (χ4n) is 0.495. The molecule has 0 aliphatic heterocycles. The van der Waals surface area contributed by atoms with Gasteiger partial charge in [-0.15, -0.1) is 5.69 Å². The Morgan fingerprint density at radius 1 is 1.11 bits per heavy atom. The Labute approximate surface area is 68.1 Å². The van der Waals surface area contributed by atoms with Crippen LogP contribution in [0.25, 0.3) is 5.48 Å². The summed E-state index contributed by atoms with van der Waals surface area (Å²) in [4.78, 5) is 0. The summed E-state index contributed by atoms with van der Waals surface area (Å²) in [7, 11) is 0. The molecule has 2 nitrogen and oxygen atoms in total. The van der Waals surface area contributed by atoms with Crippen molar-refractivity contribution in [1.29, 1.82) is 0 Å². The van der Waals surface area contributed by atoms with Gasteiger partial charge in [0.05, 0.1) is 0 Å². The van der Waals surface area contributed by atoms with Gasteiger partial charge < -0.3 is 10.7 Å². The van der Waals surface area contributed by atoms with E-state index in [2.05, 4.69) is 5.48 Å². The van der Waals surface area contributed by atoms with Crippen molar-refractivity contribution >= 4 is 5.69 Å². The average Bonchev–Trinajstić information content (AvgIpc) is 1.90. The predicted octanol–water partition coefficient (Wildman–Crippen LogP) is 2.08. The van der Waals surface area contributed by atoms with Crippen LogP contribution in [0.4, 0.5) is 5.69 Å². The first-order valence-electron chi connectivity index (χ1n) is 2.33. The first-order valence-corrected chi connectivity index (χ1v) is 2.33. The van der Waals surface area contributed by atoms with E-state index in [1.165, 1.54) is 0 Å². The van der Waals surface area contributed by atoms with E-state index < -0.39 is 0 Å². The van der Waals surface area contributed by atoms with E-state index in [1.54, 1.807) is 12.1 Å². The summed E-state index contributed by atoms with van der Waals surface area (Å²) in [5.74, 6) is 0. The molecule has 0 heterocycles. The molecule has 0 saturated carbocycles. The number of para-hydroxylation sites is 1. The number of rotatable bonds is 1. The van der Waals surface area contributed by atoms with Crippen molar-refractivity contribution in [3.63, 3.8) is 0 Å². The molecule has 1 rings (SSSR count). The van der Waals surface area contributed by atoms with Gasteiger partial charge in [0.15, 0.2) is 0 Å². The van der Waals surface area contributed by atoms with Gasteiger partial charge in [0.1, 0.15) is 0 Å². The Balaban J connectivity index is 0.000000640. The van der Waals surface area contributed by atoms with E-state index in [9.17, 15) is 0 Å². The third kappa shape index (κ3) is 2.64. The van der Waals surface area contributed by atoms with Crippen molar-refractivity contribution in [3.8, 4) is 0 Å². The molecular formula is C6H6MoNO-. The van der Waals surface area contributed by atoms with Crippen LogP contribution in [-0.2, 0) is 21.1 Å². The Hall–Kier alpha value is -0.332. The quantitative estimate of drug-likeness (QED) is 0.551. The van der Waals surface area contributed by atoms with Crippen LogP contribution in [-0.4, -0.2) is 5.21 Å². The number of hydrogen-bond acceptors (Lipinski definition) is 1. The summed E-state index contributed by atoms with van der Waals surface area (Å²) in [6.45, 7) is 0. The van der Waals surface area contributed by atoms with Crippen LogP contribution in [0.15, 0.2) is 30.3 Å². The largest absolute Gasteiger partial charge is 0.565 e. The third-order valence-electron chi connectivity index (χ3n) is 0.872. The molecule has 0 aliphatic rings. The maximum atomic E-state index is 8.16. The van der Waals surface area contributed by atoms with Crippen molar-refractivity contribution in [1.82, 2.24) is 0 Å². The summed E-state index contributed by atoms with van der Waals surface area (Å²) >= 11 is 0. The fraction of sp³-hybridized carbons (Fsp3) is 0. The standard InChI is InChI=1S/C6H6NO.Mo/c8-7-6-4-2-1-3-5-6;/h1-5,8H;/q-1;. The molecule has 0 amide bonds. The number of hydrogen-bond donors (Lipinski definition) is 1. The van der Waals surface area contributed by atoms with E-state index in [0.29, 0.717) is 5.69 Å². The molecule has 0 aromatic heterocycles. The Kier molecular flexibility index (Phi) is 4.37. The predicted molar refractivity (Wildman–Crippen MR) is 31.2 cm³/mol. The molecule has 9 heavy (non-hydrogen) atoms.